The first kappa shape index (κ1) is 27.5. The summed E-state index contributed by atoms with van der Waals surface area (Å²) < 4.78 is 15.5. The minimum absolute atomic E-state index is 0.0316. The van der Waals surface area contributed by atoms with Gasteiger partial charge in [0.2, 0.25) is 5.88 Å². The molecule has 0 radical (unpaired) electrons. The summed E-state index contributed by atoms with van der Waals surface area (Å²) in [6, 6.07) is 3.83. The summed E-state index contributed by atoms with van der Waals surface area (Å²) >= 11 is 0. The number of pyridine rings is 1. The molecule has 3 aliphatic rings. The highest BCUT2D eigenvalue weighted by Gasteiger charge is 2.54. The van der Waals surface area contributed by atoms with Gasteiger partial charge in [0.05, 0.1) is 28.6 Å². The maximum Gasteiger partial charge on any atom is 0.255 e. The van der Waals surface area contributed by atoms with Gasteiger partial charge in [-0.25, -0.2) is 4.52 Å². The molecule has 6 N–H and O–H groups in total. The number of nitrogens with zero attached hydrogens (tertiary/aromatic N) is 4. The molecule has 41 heavy (non-hydrogen) atoms. The molecule has 2 amide bonds. The first-order chi connectivity index (χ1) is 19.5. The summed E-state index contributed by atoms with van der Waals surface area (Å²) in [7, 11) is 0. The van der Waals surface area contributed by atoms with Crippen molar-refractivity contribution in [1.82, 2.24) is 24.7 Å². The maximum absolute atomic E-state index is 13.2. The highest BCUT2D eigenvalue weighted by molar-refractivity contribution is 6.01. The van der Waals surface area contributed by atoms with Gasteiger partial charge in [-0.3, -0.25) is 14.3 Å². The van der Waals surface area contributed by atoms with E-state index in [2.05, 4.69) is 15.5 Å². The standard InChI is InChI=1S/C29H39N7O5/c1-28(2,39)16-40-23-7-6-22-20(14-32-36(22)24(23)17-4-5-17)26(38)33-18-10-29(11-18)12-19(13-29)41-27-21(25(31)37)15-35(34-27)9-3-8-30/h6-7,14-15,17-19,39H,3-5,8-13,16,30H2,1-2H3,(H2,31,37)(H,33,38). The minimum atomic E-state index is -0.947. The Morgan fingerprint density at radius 2 is 1.95 bits per heavy atom. The van der Waals surface area contributed by atoms with Gasteiger partial charge in [-0.15, -0.1) is 5.10 Å². The van der Waals surface area contributed by atoms with Gasteiger partial charge in [0.1, 0.15) is 24.0 Å². The molecule has 12 heteroatoms. The van der Waals surface area contributed by atoms with Crippen molar-refractivity contribution in [2.45, 2.75) is 89.0 Å². The third-order valence-corrected chi connectivity index (χ3v) is 8.35. The summed E-state index contributed by atoms with van der Waals surface area (Å²) in [5.41, 5.74) is 12.8. The number of nitrogens with one attached hydrogen (secondary N) is 1. The van der Waals surface area contributed by atoms with E-state index in [1.807, 2.05) is 16.6 Å². The molecular weight excluding hydrogens is 526 g/mol. The van der Waals surface area contributed by atoms with Gasteiger partial charge >= 0.3 is 0 Å². The predicted molar refractivity (Wildman–Crippen MR) is 150 cm³/mol. The highest BCUT2D eigenvalue weighted by Crippen LogP contribution is 2.57. The predicted octanol–water partition coefficient (Wildman–Crippen LogP) is 2.13. The number of carbonyl (C=O) groups is 2. The Labute approximate surface area is 238 Å². The third kappa shape index (κ3) is 5.62. The number of ether oxygens (including phenoxy) is 2. The number of carbonyl (C=O) groups excluding carboxylic acids is 2. The van der Waals surface area contributed by atoms with Crippen LogP contribution in [0.25, 0.3) is 5.52 Å². The average molecular weight is 566 g/mol. The van der Waals surface area contributed by atoms with Crippen molar-refractivity contribution in [1.29, 1.82) is 0 Å². The van der Waals surface area contributed by atoms with Crippen LogP contribution in [0.5, 0.6) is 11.6 Å². The minimum Gasteiger partial charge on any atom is -0.489 e. The molecule has 3 aromatic heterocycles. The van der Waals surface area contributed by atoms with Crippen molar-refractivity contribution in [2.24, 2.45) is 16.9 Å². The number of nitrogens with two attached hydrogens (primary N) is 2. The number of primary amides is 1. The molecule has 6 rings (SSSR count). The molecule has 0 aliphatic heterocycles. The van der Waals surface area contributed by atoms with E-state index in [0.29, 0.717) is 30.3 Å². The van der Waals surface area contributed by atoms with Gasteiger partial charge in [0.15, 0.2) is 0 Å². The molecule has 0 bridgehead atoms. The molecule has 0 unspecified atom stereocenters. The summed E-state index contributed by atoms with van der Waals surface area (Å²) in [6.45, 7) is 4.72. The van der Waals surface area contributed by atoms with Gasteiger partial charge in [0.25, 0.3) is 11.8 Å². The Bertz CT molecular complexity index is 1450. The molecule has 1 spiro atoms. The molecule has 0 aromatic carbocycles. The number of aromatic nitrogens is 4. The van der Waals surface area contributed by atoms with E-state index in [-0.39, 0.29) is 41.5 Å². The first-order valence-electron chi connectivity index (χ1n) is 14.4. The van der Waals surface area contributed by atoms with E-state index in [4.69, 9.17) is 20.9 Å². The van der Waals surface area contributed by atoms with Crippen LogP contribution in [0.4, 0.5) is 0 Å². The number of aryl methyl sites for hydroxylation is 1. The lowest BCUT2D eigenvalue weighted by Gasteiger charge is -2.57. The van der Waals surface area contributed by atoms with E-state index in [9.17, 15) is 14.7 Å². The van der Waals surface area contributed by atoms with Crippen LogP contribution in [0.1, 0.15) is 91.1 Å². The molecular formula is C29H39N7O5. The number of hydrogen-bond donors (Lipinski definition) is 4. The van der Waals surface area contributed by atoms with Crippen molar-refractivity contribution in [3.05, 3.63) is 41.3 Å². The molecule has 0 saturated heterocycles. The van der Waals surface area contributed by atoms with Crippen LogP contribution >= 0.6 is 0 Å². The highest BCUT2D eigenvalue weighted by atomic mass is 16.5. The van der Waals surface area contributed by atoms with Crippen molar-refractivity contribution in [3.8, 4) is 11.6 Å². The van der Waals surface area contributed by atoms with E-state index in [1.165, 1.54) is 0 Å². The fourth-order valence-corrected chi connectivity index (χ4v) is 6.20. The summed E-state index contributed by atoms with van der Waals surface area (Å²) in [5.74, 6) is 0.628. The van der Waals surface area contributed by atoms with Gasteiger partial charge < -0.3 is 31.4 Å². The lowest BCUT2D eigenvalue weighted by molar-refractivity contribution is -0.0849. The van der Waals surface area contributed by atoms with Gasteiger partial charge in [-0.05, 0) is 82.9 Å². The quantitative estimate of drug-likeness (QED) is 0.259. The summed E-state index contributed by atoms with van der Waals surface area (Å²) in [5, 5.41) is 22.2. The number of hydrogen-bond acceptors (Lipinski definition) is 8. The lowest BCUT2D eigenvalue weighted by Crippen LogP contribution is -2.58. The fourth-order valence-electron chi connectivity index (χ4n) is 6.20. The Morgan fingerprint density at radius 1 is 1.20 bits per heavy atom. The zero-order chi connectivity index (χ0) is 28.9. The monoisotopic (exact) mass is 565 g/mol. The largest absolute Gasteiger partial charge is 0.489 e. The Balaban J connectivity index is 1.05. The second-order valence-corrected chi connectivity index (χ2v) is 12.7. The number of aliphatic hydroxyl groups is 1. The lowest BCUT2D eigenvalue weighted by atomic mass is 9.53. The molecule has 220 valence electrons. The Kier molecular flexibility index (Phi) is 6.93. The third-order valence-electron chi connectivity index (χ3n) is 8.35. The number of fused-ring (bicyclic) bond motifs is 1. The summed E-state index contributed by atoms with van der Waals surface area (Å²) in [4.78, 5) is 25.1. The number of rotatable bonds is 12. The normalized spacial score (nSPS) is 23.7. The van der Waals surface area contributed by atoms with Gasteiger partial charge in [-0.2, -0.15) is 5.10 Å². The molecule has 0 atom stereocenters. The molecule has 3 aliphatic carbocycles. The fraction of sp³-hybridized carbons (Fsp3) is 0.586. The van der Waals surface area contributed by atoms with Crippen LogP contribution in [0.2, 0.25) is 0 Å². The van der Waals surface area contributed by atoms with Crippen molar-refractivity contribution in [2.75, 3.05) is 13.2 Å². The Hall–Kier alpha value is -3.64. The maximum atomic E-state index is 13.2. The van der Waals surface area contributed by atoms with Crippen LogP contribution < -0.4 is 26.3 Å². The first-order valence-corrected chi connectivity index (χ1v) is 14.4. The van der Waals surface area contributed by atoms with Crippen molar-refractivity contribution < 1.29 is 24.2 Å². The zero-order valence-electron chi connectivity index (χ0n) is 23.6. The average Bonchev–Trinajstić information content (AvgIpc) is 3.48. The topological polar surface area (TPSA) is 172 Å². The van der Waals surface area contributed by atoms with E-state index >= 15 is 0 Å². The second-order valence-electron chi connectivity index (χ2n) is 12.7. The van der Waals surface area contributed by atoms with Crippen LogP contribution in [-0.2, 0) is 6.54 Å². The molecule has 3 aromatic rings. The van der Waals surface area contributed by atoms with Gasteiger partial charge in [-0.1, -0.05) is 0 Å². The van der Waals surface area contributed by atoms with Crippen molar-refractivity contribution in [3.63, 3.8) is 0 Å². The van der Waals surface area contributed by atoms with Crippen LogP contribution in [0.3, 0.4) is 0 Å². The molecule has 3 fully saturated rings. The SMILES string of the molecule is CC(C)(O)COc1ccc2c(C(=O)NC3CC4(C3)CC(Oc3nn(CCCN)cc3C(N)=O)C4)cnn2c1C1CC1. The second kappa shape index (κ2) is 10.3. The molecule has 12 nitrogen and oxygen atoms in total. The molecule has 3 saturated carbocycles. The number of amides is 2. The Morgan fingerprint density at radius 3 is 2.61 bits per heavy atom. The smallest absolute Gasteiger partial charge is 0.255 e. The molecule has 3 heterocycles. The van der Waals surface area contributed by atoms with Gasteiger partial charge in [0, 0.05) is 24.7 Å². The van der Waals surface area contributed by atoms with Crippen LogP contribution in [-0.4, -0.2) is 67.2 Å². The van der Waals surface area contributed by atoms with E-state index < -0.39 is 11.5 Å². The zero-order valence-corrected chi connectivity index (χ0v) is 23.6. The van der Waals surface area contributed by atoms with Crippen molar-refractivity contribution >= 4 is 17.3 Å². The van der Waals surface area contributed by atoms with E-state index in [0.717, 1.165) is 56.2 Å². The van der Waals surface area contributed by atoms with Crippen LogP contribution in [0, 0.1) is 5.41 Å². The van der Waals surface area contributed by atoms with Crippen LogP contribution in [0.15, 0.2) is 24.5 Å². The van der Waals surface area contributed by atoms with E-state index in [1.54, 1.807) is 30.9 Å². The summed E-state index contributed by atoms with van der Waals surface area (Å²) in [6.07, 6.45) is 9.52.